The molecule has 2 N–H and O–H groups in total. The number of hydrogen-bond acceptors (Lipinski definition) is 3. The Labute approximate surface area is 112 Å². The van der Waals surface area contributed by atoms with E-state index >= 15 is 0 Å². The molecule has 1 heterocycles. The van der Waals surface area contributed by atoms with Gasteiger partial charge in [-0.3, -0.25) is 4.79 Å². The lowest BCUT2D eigenvalue weighted by molar-refractivity contribution is 0.447. The summed E-state index contributed by atoms with van der Waals surface area (Å²) in [5, 5.41) is 9.56. The molecule has 0 spiro atoms. The van der Waals surface area contributed by atoms with Crippen LogP contribution in [0.4, 0.5) is 0 Å². The van der Waals surface area contributed by atoms with E-state index in [1.165, 1.54) is 0 Å². The zero-order chi connectivity index (χ0) is 12.6. The molecule has 0 aliphatic heterocycles. The summed E-state index contributed by atoms with van der Waals surface area (Å²) >= 11 is 1.76. The summed E-state index contributed by atoms with van der Waals surface area (Å²) in [6, 6.07) is 5.88. The van der Waals surface area contributed by atoms with E-state index < -0.39 is 0 Å². The highest BCUT2D eigenvalue weighted by molar-refractivity contribution is 14.1. The minimum Gasteiger partial charge on any atom is -0.492 e. The van der Waals surface area contributed by atoms with Gasteiger partial charge in [-0.05, 0) is 48.1 Å². The van der Waals surface area contributed by atoms with Gasteiger partial charge in [0, 0.05) is 5.56 Å². The van der Waals surface area contributed by atoms with Gasteiger partial charge in [-0.25, -0.2) is 0 Å². The second-order valence-corrected chi connectivity index (χ2v) is 4.95. The van der Waals surface area contributed by atoms with Crippen LogP contribution in [0.15, 0.2) is 23.0 Å². The molecule has 0 fully saturated rings. The van der Waals surface area contributed by atoms with Crippen LogP contribution in [0.25, 0.3) is 11.4 Å². The van der Waals surface area contributed by atoms with Crippen molar-refractivity contribution >= 4 is 22.6 Å². The highest BCUT2D eigenvalue weighted by atomic mass is 127. The summed E-state index contributed by atoms with van der Waals surface area (Å²) in [5.74, 6) is 0.166. The smallest absolute Gasteiger partial charge is 0.268 e. The monoisotopic (exact) mass is 342 g/mol. The van der Waals surface area contributed by atoms with Crippen molar-refractivity contribution in [2.75, 3.05) is 0 Å². The van der Waals surface area contributed by atoms with Gasteiger partial charge in [-0.2, -0.15) is 4.98 Å². The molecule has 1 aromatic heterocycles. The van der Waals surface area contributed by atoms with Gasteiger partial charge in [0.25, 0.3) is 5.56 Å². The Hall–Kier alpha value is -1.37. The van der Waals surface area contributed by atoms with Gasteiger partial charge >= 0.3 is 0 Å². The van der Waals surface area contributed by atoms with Gasteiger partial charge in [0.15, 0.2) is 0 Å². The predicted molar refractivity (Wildman–Crippen MR) is 74.1 cm³/mol. The van der Waals surface area contributed by atoms with Crippen LogP contribution < -0.4 is 5.56 Å². The van der Waals surface area contributed by atoms with Crippen molar-refractivity contribution in [1.29, 1.82) is 0 Å². The number of aromatic amines is 1. The Morgan fingerprint density at radius 2 is 2.06 bits per heavy atom. The highest BCUT2D eigenvalue weighted by Crippen LogP contribution is 2.22. The second-order valence-electron chi connectivity index (χ2n) is 3.87. The topological polar surface area (TPSA) is 66.0 Å². The van der Waals surface area contributed by atoms with E-state index in [1.807, 2.05) is 32.0 Å². The Bertz CT molecular complexity index is 635. The molecule has 0 atom stereocenters. The van der Waals surface area contributed by atoms with E-state index in [-0.39, 0.29) is 15.0 Å². The first-order valence-electron chi connectivity index (χ1n) is 5.05. The van der Waals surface area contributed by atoms with Gasteiger partial charge in [-0.15, -0.1) is 0 Å². The van der Waals surface area contributed by atoms with E-state index in [0.29, 0.717) is 5.82 Å². The molecule has 4 nitrogen and oxygen atoms in total. The number of H-pyrrole nitrogens is 1. The largest absolute Gasteiger partial charge is 0.492 e. The number of halogens is 1. The number of nitrogens with one attached hydrogen (secondary N) is 1. The number of benzene rings is 1. The van der Waals surface area contributed by atoms with Crippen LogP contribution in [0.5, 0.6) is 5.88 Å². The highest BCUT2D eigenvalue weighted by Gasteiger charge is 2.10. The van der Waals surface area contributed by atoms with Crippen molar-refractivity contribution in [3.63, 3.8) is 0 Å². The molecule has 0 amide bonds. The van der Waals surface area contributed by atoms with Crippen LogP contribution in [0.3, 0.4) is 0 Å². The third-order valence-electron chi connectivity index (χ3n) is 2.49. The van der Waals surface area contributed by atoms with Crippen LogP contribution in [-0.4, -0.2) is 15.1 Å². The molecule has 0 aliphatic carbocycles. The molecule has 88 valence electrons. The van der Waals surface area contributed by atoms with E-state index in [1.54, 1.807) is 22.6 Å². The maximum absolute atomic E-state index is 11.6. The number of aryl methyl sites for hydroxylation is 2. The van der Waals surface area contributed by atoms with Gasteiger partial charge in [-0.1, -0.05) is 17.7 Å². The molecule has 0 radical (unpaired) electrons. The number of nitrogens with zero attached hydrogens (tertiary/aromatic N) is 1. The molecule has 0 bridgehead atoms. The Balaban J connectivity index is 2.69. The molecule has 5 heteroatoms. The lowest BCUT2D eigenvalue weighted by Gasteiger charge is -2.07. The molecule has 17 heavy (non-hydrogen) atoms. The molecule has 2 aromatic rings. The van der Waals surface area contributed by atoms with E-state index in [2.05, 4.69) is 9.97 Å². The summed E-state index contributed by atoms with van der Waals surface area (Å²) in [6.45, 7) is 3.90. The van der Waals surface area contributed by atoms with E-state index in [0.717, 1.165) is 16.7 Å². The Morgan fingerprint density at radius 1 is 1.35 bits per heavy atom. The van der Waals surface area contributed by atoms with Gasteiger partial charge < -0.3 is 10.1 Å². The van der Waals surface area contributed by atoms with Crippen molar-refractivity contribution in [2.24, 2.45) is 0 Å². The number of hydrogen-bond donors (Lipinski definition) is 2. The maximum Gasteiger partial charge on any atom is 0.268 e. The van der Waals surface area contributed by atoms with Crippen LogP contribution in [0, 0.1) is 17.4 Å². The number of aromatic nitrogens is 2. The molecule has 0 saturated carbocycles. The van der Waals surface area contributed by atoms with Crippen molar-refractivity contribution < 1.29 is 5.11 Å². The van der Waals surface area contributed by atoms with Crippen molar-refractivity contribution in [3.05, 3.63) is 43.2 Å². The predicted octanol–water partition coefficient (Wildman–Crippen LogP) is 2.36. The van der Waals surface area contributed by atoms with Gasteiger partial charge in [0.05, 0.1) is 0 Å². The number of aromatic hydroxyl groups is 1. The van der Waals surface area contributed by atoms with Crippen LogP contribution in [0.2, 0.25) is 0 Å². The zero-order valence-electron chi connectivity index (χ0n) is 9.41. The maximum atomic E-state index is 11.6. The Kier molecular flexibility index (Phi) is 3.19. The average Bonchev–Trinajstić information content (AvgIpc) is 2.28. The zero-order valence-corrected chi connectivity index (χ0v) is 11.6. The molecular weight excluding hydrogens is 331 g/mol. The molecule has 0 saturated heterocycles. The summed E-state index contributed by atoms with van der Waals surface area (Å²) in [4.78, 5) is 18.2. The fourth-order valence-electron chi connectivity index (χ4n) is 1.57. The molecule has 2 rings (SSSR count). The molecular formula is C12H11IN2O2. The fraction of sp³-hybridized carbons (Fsp3) is 0.167. The minimum absolute atomic E-state index is 0.205. The third kappa shape index (κ3) is 2.33. The summed E-state index contributed by atoms with van der Waals surface area (Å²) in [7, 11) is 0. The molecule has 0 unspecified atom stereocenters. The standard InChI is InChI=1S/C12H11IN2O2/c1-6-3-4-7(2)8(5-6)10-14-11(16)9(13)12(17)15-10/h3-5H,1-2H3,(H2,14,15,16,17). The third-order valence-corrected chi connectivity index (χ3v) is 3.47. The summed E-state index contributed by atoms with van der Waals surface area (Å²) in [5.41, 5.74) is 2.58. The van der Waals surface area contributed by atoms with Crippen molar-refractivity contribution in [1.82, 2.24) is 9.97 Å². The SMILES string of the molecule is Cc1ccc(C)c(-c2nc(O)c(I)c(=O)[nH]2)c1. The molecule has 1 aromatic carbocycles. The fourth-order valence-corrected chi connectivity index (χ4v) is 1.82. The van der Waals surface area contributed by atoms with E-state index in [4.69, 9.17) is 0 Å². The lowest BCUT2D eigenvalue weighted by Crippen LogP contribution is -2.12. The van der Waals surface area contributed by atoms with E-state index in [9.17, 15) is 9.90 Å². The molecule has 0 aliphatic rings. The second kappa shape index (κ2) is 4.48. The van der Waals surface area contributed by atoms with Crippen LogP contribution in [-0.2, 0) is 0 Å². The lowest BCUT2D eigenvalue weighted by atomic mass is 10.1. The van der Waals surface area contributed by atoms with Crippen molar-refractivity contribution in [2.45, 2.75) is 13.8 Å². The summed E-state index contributed by atoms with van der Waals surface area (Å²) < 4.78 is 0.205. The first-order valence-corrected chi connectivity index (χ1v) is 6.13. The number of rotatable bonds is 1. The van der Waals surface area contributed by atoms with Crippen molar-refractivity contribution in [3.8, 4) is 17.3 Å². The van der Waals surface area contributed by atoms with Crippen LogP contribution >= 0.6 is 22.6 Å². The van der Waals surface area contributed by atoms with Crippen LogP contribution in [0.1, 0.15) is 11.1 Å². The first kappa shape index (κ1) is 12.1. The average molecular weight is 342 g/mol. The normalized spacial score (nSPS) is 10.5. The first-order chi connectivity index (χ1) is 7.99. The Morgan fingerprint density at radius 3 is 2.71 bits per heavy atom. The van der Waals surface area contributed by atoms with Gasteiger partial charge in [0.2, 0.25) is 5.88 Å². The minimum atomic E-state index is -0.325. The summed E-state index contributed by atoms with van der Waals surface area (Å²) in [6.07, 6.45) is 0. The quantitative estimate of drug-likeness (QED) is 0.782. The van der Waals surface area contributed by atoms with Gasteiger partial charge in [0.1, 0.15) is 9.39 Å².